The summed E-state index contributed by atoms with van der Waals surface area (Å²) in [4.78, 5) is 41.4. The lowest BCUT2D eigenvalue weighted by Gasteiger charge is -2.20. The highest BCUT2D eigenvalue weighted by Gasteiger charge is 2.31. The van der Waals surface area contributed by atoms with E-state index in [9.17, 15) is 19.6 Å². The molecule has 1 aliphatic carbocycles. The number of hydrogen-bond donors (Lipinski definition) is 2. The number of thiazole rings is 1. The van der Waals surface area contributed by atoms with Crippen LogP contribution in [0.5, 0.6) is 11.5 Å². The van der Waals surface area contributed by atoms with Gasteiger partial charge in [-0.2, -0.15) is 4.74 Å². The normalized spacial score (nSPS) is 15.7. The van der Waals surface area contributed by atoms with Crippen molar-refractivity contribution in [1.29, 1.82) is 0 Å². The Bertz CT molecular complexity index is 1580. The summed E-state index contributed by atoms with van der Waals surface area (Å²) in [6.07, 6.45) is 10.6. The molecule has 3 aromatic rings. The first kappa shape index (κ1) is 29.9. The molecule has 0 aromatic carbocycles. The number of nitrogens with zero attached hydrogens (tertiary/aromatic N) is 4. The highest BCUT2D eigenvalue weighted by Crippen LogP contribution is 2.37. The lowest BCUT2D eigenvalue weighted by molar-refractivity contribution is -0.406. The van der Waals surface area contributed by atoms with Crippen LogP contribution >= 0.6 is 11.3 Å². The number of allylic oxidation sites excluding steroid dienone is 2. The Morgan fingerprint density at radius 2 is 2.09 bits per heavy atom. The summed E-state index contributed by atoms with van der Waals surface area (Å²) in [6.45, 7) is 2.90. The molecule has 0 fully saturated rings. The van der Waals surface area contributed by atoms with Crippen molar-refractivity contribution in [2.45, 2.75) is 45.6 Å². The van der Waals surface area contributed by atoms with Crippen LogP contribution in [0.2, 0.25) is 0 Å². The number of fused-ring (bicyclic) bond motifs is 2. The van der Waals surface area contributed by atoms with Gasteiger partial charge in [0.15, 0.2) is 28.0 Å². The maximum atomic E-state index is 12.7. The third-order valence-electron chi connectivity index (χ3n) is 7.22. The van der Waals surface area contributed by atoms with Gasteiger partial charge in [0, 0.05) is 31.6 Å². The van der Waals surface area contributed by atoms with E-state index in [2.05, 4.69) is 15.6 Å². The van der Waals surface area contributed by atoms with E-state index < -0.39 is 11.9 Å². The molecule has 4 heterocycles. The number of anilines is 2. The molecule has 0 saturated heterocycles. The van der Waals surface area contributed by atoms with Crippen molar-refractivity contribution in [3.8, 4) is 11.5 Å². The zero-order chi connectivity index (χ0) is 30.5. The lowest BCUT2D eigenvalue weighted by atomic mass is 9.92. The van der Waals surface area contributed by atoms with Gasteiger partial charge in [-0.3, -0.25) is 9.59 Å². The number of hydrogen-bond acceptors (Lipinski definition) is 9. The van der Waals surface area contributed by atoms with Crippen molar-refractivity contribution in [3.63, 3.8) is 0 Å². The van der Waals surface area contributed by atoms with Crippen LogP contribution in [0, 0.1) is 11.1 Å². The van der Waals surface area contributed by atoms with Crippen molar-refractivity contribution >= 4 is 46.2 Å². The maximum absolute atomic E-state index is 12.7. The van der Waals surface area contributed by atoms with Gasteiger partial charge in [-0.1, -0.05) is 0 Å². The molecule has 0 bridgehead atoms. The lowest BCUT2D eigenvalue weighted by Crippen LogP contribution is -2.18. The minimum atomic E-state index is -0.485. The number of hydroxylamine groups is 1. The molecule has 13 nitrogen and oxygen atoms in total. The van der Waals surface area contributed by atoms with Crippen LogP contribution < -0.4 is 20.1 Å². The molecule has 2 N–H and O–H groups in total. The summed E-state index contributed by atoms with van der Waals surface area (Å²) in [5.41, 5.74) is 2.33. The van der Waals surface area contributed by atoms with E-state index in [1.807, 2.05) is 16.8 Å². The third-order valence-corrected chi connectivity index (χ3v) is 7.98. The first-order valence-corrected chi connectivity index (χ1v) is 15.0. The van der Waals surface area contributed by atoms with E-state index in [4.69, 9.17) is 14.2 Å². The topological polar surface area (TPSA) is 152 Å². The van der Waals surface area contributed by atoms with Crippen LogP contribution in [0.15, 0.2) is 35.6 Å². The molecule has 1 unspecified atom stereocenters. The van der Waals surface area contributed by atoms with E-state index in [-0.39, 0.29) is 37.2 Å². The van der Waals surface area contributed by atoms with Gasteiger partial charge < -0.3 is 39.2 Å². The number of carbonyl (C=O) groups excluding carboxylic acids is 3. The molecule has 0 spiro atoms. The number of carbonyl (C=O) groups is 3. The molecule has 2 amide bonds. The zero-order valence-corrected chi connectivity index (χ0v) is 25.1. The molecule has 1 aliphatic heterocycles. The smallest absolute Gasteiger partial charge is 0.355 e. The van der Waals surface area contributed by atoms with Gasteiger partial charge in [-0.15, -0.1) is 11.3 Å². The van der Waals surface area contributed by atoms with E-state index in [0.717, 1.165) is 41.0 Å². The van der Waals surface area contributed by atoms with E-state index in [1.165, 1.54) is 6.07 Å². The molecule has 14 heteroatoms. The Morgan fingerprint density at radius 3 is 2.88 bits per heavy atom. The first-order valence-electron chi connectivity index (χ1n) is 14.1. The van der Waals surface area contributed by atoms with Crippen LogP contribution in [-0.2, 0) is 23.1 Å². The standard InChI is InChI=1S/C29H34N6O7S/c1-4-41-28(38)22-12-19(14-33(22)2)30-27(37)20-17-43-29(31-20)32-25(36)10-7-11-42-24-16-34-13-18-8-5-6-9-21(18)35(39)15-23(34)26(24)40-3/h9,12,14-18H,4-8,10-11,13H2,1-3H3,(H,30,37)(H,31,32,36). The number of ether oxygens (including phenoxy) is 3. The van der Waals surface area contributed by atoms with Gasteiger partial charge in [0.1, 0.15) is 11.4 Å². The summed E-state index contributed by atoms with van der Waals surface area (Å²) in [6, 6.07) is 1.52. The second-order valence-corrected chi connectivity index (χ2v) is 11.1. The van der Waals surface area contributed by atoms with Gasteiger partial charge >= 0.3 is 5.97 Å². The number of aromatic nitrogens is 3. The van der Waals surface area contributed by atoms with Gasteiger partial charge in [0.05, 0.1) is 38.1 Å². The molecule has 5 rings (SSSR count). The number of methoxy groups -OCH3 is 1. The molecule has 2 aliphatic rings. The van der Waals surface area contributed by atoms with Crippen molar-refractivity contribution in [1.82, 2.24) is 14.1 Å². The summed E-state index contributed by atoms with van der Waals surface area (Å²) in [5, 5.41) is 20.0. The average molecular weight is 611 g/mol. The average Bonchev–Trinajstić information content (AvgIpc) is 3.66. The molecule has 43 heavy (non-hydrogen) atoms. The number of amides is 2. The Hall–Kier alpha value is -4.59. The summed E-state index contributed by atoms with van der Waals surface area (Å²) >= 11 is 1.13. The number of esters is 1. The van der Waals surface area contributed by atoms with E-state index >= 15 is 0 Å². The Morgan fingerprint density at radius 1 is 1.26 bits per heavy atom. The van der Waals surface area contributed by atoms with Gasteiger partial charge in [0.2, 0.25) is 12.1 Å². The van der Waals surface area contributed by atoms with Crippen LogP contribution in [0.25, 0.3) is 0 Å². The molecule has 1 atom stereocenters. The largest absolute Gasteiger partial charge is 0.618 e. The fourth-order valence-corrected chi connectivity index (χ4v) is 5.90. The fraction of sp³-hybridized carbons (Fsp3) is 0.414. The van der Waals surface area contributed by atoms with Crippen LogP contribution in [0.3, 0.4) is 0 Å². The van der Waals surface area contributed by atoms with Crippen LogP contribution in [-0.4, -0.2) is 63.2 Å². The van der Waals surface area contributed by atoms with Crippen molar-refractivity contribution < 1.29 is 33.3 Å². The molecule has 228 valence electrons. The van der Waals surface area contributed by atoms with Crippen molar-refractivity contribution in [3.05, 3.63) is 57.9 Å². The summed E-state index contributed by atoms with van der Waals surface area (Å²) in [5.74, 6) is -0.0588. The molecular formula is C29H34N6O7S. The van der Waals surface area contributed by atoms with Crippen molar-refractivity contribution in [2.75, 3.05) is 31.0 Å². The minimum absolute atomic E-state index is 0.134. The number of rotatable bonds is 11. The quantitative estimate of drug-likeness (QED) is 0.142. The molecule has 3 aromatic heterocycles. The Labute approximate surface area is 252 Å². The highest BCUT2D eigenvalue weighted by atomic mass is 32.1. The molecule has 0 saturated carbocycles. The summed E-state index contributed by atoms with van der Waals surface area (Å²) in [7, 11) is 3.22. The highest BCUT2D eigenvalue weighted by molar-refractivity contribution is 7.14. The van der Waals surface area contributed by atoms with Crippen LogP contribution in [0.1, 0.15) is 65.7 Å². The number of nitrogens with one attached hydrogen (secondary N) is 2. The van der Waals surface area contributed by atoms with Crippen molar-refractivity contribution in [2.24, 2.45) is 13.0 Å². The Kier molecular flexibility index (Phi) is 9.14. The van der Waals surface area contributed by atoms with Gasteiger partial charge in [-0.05, 0) is 44.7 Å². The Balaban J connectivity index is 1.11. The second-order valence-electron chi connectivity index (χ2n) is 10.2. The van der Waals surface area contributed by atoms with Gasteiger partial charge in [-0.25, -0.2) is 9.78 Å². The predicted octanol–water partition coefficient (Wildman–Crippen LogP) is 4.15. The minimum Gasteiger partial charge on any atom is -0.618 e. The SMILES string of the molecule is CCOC(=O)c1cc(NC(=O)c2csc(NC(=O)CCCOc3cn4c(c3OC)C=[N+]([O-])C3=CCCCC3C4)n2)cn1C. The third kappa shape index (κ3) is 6.74. The predicted molar refractivity (Wildman–Crippen MR) is 160 cm³/mol. The maximum Gasteiger partial charge on any atom is 0.355 e. The van der Waals surface area contributed by atoms with Gasteiger partial charge in [0.25, 0.3) is 5.91 Å². The monoisotopic (exact) mass is 610 g/mol. The summed E-state index contributed by atoms with van der Waals surface area (Å²) < 4.78 is 21.0. The zero-order valence-electron chi connectivity index (χ0n) is 24.3. The second kappa shape index (κ2) is 13.2. The molecule has 0 radical (unpaired) electrons. The first-order chi connectivity index (χ1) is 20.8. The van der Waals surface area contributed by atoms with E-state index in [0.29, 0.717) is 46.7 Å². The van der Waals surface area contributed by atoms with E-state index in [1.54, 1.807) is 43.4 Å². The fourth-order valence-electron chi connectivity index (χ4n) is 5.19. The number of aryl methyl sites for hydroxylation is 1. The molecular weight excluding hydrogens is 576 g/mol. The van der Waals surface area contributed by atoms with Crippen LogP contribution in [0.4, 0.5) is 10.8 Å².